The number of fused-ring (bicyclic) bond motifs is 1. The molecule has 0 saturated heterocycles. The van der Waals surface area contributed by atoms with E-state index in [1.807, 2.05) is 0 Å². The first-order valence-electron chi connectivity index (χ1n) is 11.5. The van der Waals surface area contributed by atoms with E-state index >= 15 is 0 Å². The minimum atomic E-state index is -5.20. The van der Waals surface area contributed by atoms with E-state index in [0.29, 0.717) is 24.3 Å². The molecule has 0 aromatic heterocycles. The topological polar surface area (TPSA) is 49.8 Å². The minimum absolute atomic E-state index is 0.0622. The summed E-state index contributed by atoms with van der Waals surface area (Å²) in [5, 5.41) is 11.5. The Morgan fingerprint density at radius 2 is 1.37 bits per heavy atom. The van der Waals surface area contributed by atoms with Crippen LogP contribution in [0.25, 0.3) is 0 Å². The van der Waals surface area contributed by atoms with Crippen molar-refractivity contribution in [1.29, 1.82) is 0 Å². The van der Waals surface area contributed by atoms with Gasteiger partial charge < -0.3 is 9.84 Å². The maximum Gasteiger partial charge on any atom is 0.416 e. The van der Waals surface area contributed by atoms with Gasteiger partial charge in [-0.05, 0) is 74.2 Å². The first-order valence-corrected chi connectivity index (χ1v) is 11.5. The van der Waals surface area contributed by atoms with Crippen molar-refractivity contribution in [2.24, 2.45) is 0 Å². The second-order valence-corrected chi connectivity index (χ2v) is 9.13. The van der Waals surface area contributed by atoms with Crippen LogP contribution in [0.4, 0.5) is 50.0 Å². The summed E-state index contributed by atoms with van der Waals surface area (Å²) in [7, 11) is 0. The minimum Gasteiger partial charge on any atom is -0.449 e. The van der Waals surface area contributed by atoms with E-state index in [2.05, 4.69) is 0 Å². The fraction of sp³-hybridized carbons (Fsp3) is 0.480. The lowest BCUT2D eigenvalue weighted by Gasteiger charge is -2.45. The van der Waals surface area contributed by atoms with E-state index in [9.17, 15) is 49.4 Å². The van der Waals surface area contributed by atoms with Gasteiger partial charge in [-0.2, -0.15) is 39.5 Å². The summed E-state index contributed by atoms with van der Waals surface area (Å²) < 4.78 is 127. The van der Waals surface area contributed by atoms with Gasteiger partial charge in [-0.25, -0.2) is 4.79 Å². The molecule has 1 aliphatic rings. The lowest BCUT2D eigenvalue weighted by molar-refractivity contribution is -0.143. The van der Waals surface area contributed by atoms with E-state index in [1.165, 1.54) is 6.92 Å². The molecule has 1 N–H and O–H groups in total. The Hall–Kier alpha value is -2.96. The van der Waals surface area contributed by atoms with Crippen molar-refractivity contribution >= 4 is 11.8 Å². The number of benzene rings is 2. The van der Waals surface area contributed by atoms with Crippen LogP contribution in [0.1, 0.15) is 67.3 Å². The Labute approximate surface area is 212 Å². The van der Waals surface area contributed by atoms with Gasteiger partial charge in [-0.15, -0.1) is 0 Å². The third-order valence-corrected chi connectivity index (χ3v) is 6.65. The van der Waals surface area contributed by atoms with Crippen LogP contribution in [0.15, 0.2) is 36.4 Å². The SMILES string of the molecule is CCOC(=O)N1c2ccc(C(F)(F)F)cc2[C@H]([C@](C)(O)c2cc(C(F)(F)F)cc(C(F)(F)F)c2)C[C@H]1CC. The molecular formula is C25H24F9NO3. The van der Waals surface area contributed by atoms with E-state index in [1.54, 1.807) is 6.92 Å². The Bertz CT molecular complexity index is 1150. The first kappa shape index (κ1) is 29.6. The average Bonchev–Trinajstić information content (AvgIpc) is 2.80. The number of ether oxygens (including phenoxy) is 1. The molecule has 0 aliphatic carbocycles. The van der Waals surface area contributed by atoms with Crippen LogP contribution in [-0.2, 0) is 28.9 Å². The molecule has 2 aromatic carbocycles. The highest BCUT2D eigenvalue weighted by molar-refractivity contribution is 5.90. The van der Waals surface area contributed by atoms with Crippen molar-refractivity contribution in [1.82, 2.24) is 0 Å². The van der Waals surface area contributed by atoms with Gasteiger partial charge >= 0.3 is 24.6 Å². The van der Waals surface area contributed by atoms with Crippen LogP contribution in [-0.4, -0.2) is 23.8 Å². The zero-order valence-corrected chi connectivity index (χ0v) is 20.4. The van der Waals surface area contributed by atoms with Crippen LogP contribution >= 0.6 is 0 Å². The predicted molar refractivity (Wildman–Crippen MR) is 118 cm³/mol. The van der Waals surface area contributed by atoms with Crippen molar-refractivity contribution in [3.8, 4) is 0 Å². The summed E-state index contributed by atoms with van der Waals surface area (Å²) in [4.78, 5) is 13.8. The quantitative estimate of drug-likeness (QED) is 0.389. The molecule has 1 heterocycles. The molecule has 2 aromatic rings. The summed E-state index contributed by atoms with van der Waals surface area (Å²) in [6.07, 6.45) is -16.2. The summed E-state index contributed by atoms with van der Waals surface area (Å²) in [6.45, 7) is 4.02. The van der Waals surface area contributed by atoms with E-state index in [0.717, 1.165) is 17.9 Å². The number of hydrogen-bond acceptors (Lipinski definition) is 3. The summed E-state index contributed by atoms with van der Waals surface area (Å²) in [6, 6.07) is 2.12. The highest BCUT2D eigenvalue weighted by Crippen LogP contribution is 2.51. The van der Waals surface area contributed by atoms with Gasteiger partial charge in [0.2, 0.25) is 0 Å². The summed E-state index contributed by atoms with van der Waals surface area (Å²) in [5.41, 5.74) is -8.18. The molecule has 1 amide bonds. The molecular weight excluding hydrogens is 533 g/mol. The molecule has 0 radical (unpaired) electrons. The Morgan fingerprint density at radius 3 is 1.82 bits per heavy atom. The molecule has 4 nitrogen and oxygen atoms in total. The molecule has 0 unspecified atom stereocenters. The normalized spacial score (nSPS) is 20.1. The van der Waals surface area contributed by atoms with Gasteiger partial charge in [-0.1, -0.05) is 6.92 Å². The predicted octanol–water partition coefficient (Wildman–Crippen LogP) is 7.88. The fourth-order valence-corrected chi connectivity index (χ4v) is 4.70. The zero-order valence-electron chi connectivity index (χ0n) is 20.4. The molecule has 0 spiro atoms. The molecule has 38 heavy (non-hydrogen) atoms. The van der Waals surface area contributed by atoms with Gasteiger partial charge in [0.1, 0.15) is 0 Å². The second kappa shape index (κ2) is 9.97. The number of carbonyl (C=O) groups is 1. The summed E-state index contributed by atoms with van der Waals surface area (Å²) in [5.74, 6) is -1.42. The maximum absolute atomic E-state index is 13.6. The number of nitrogens with zero attached hydrogens (tertiary/aromatic N) is 1. The lowest BCUT2D eigenvalue weighted by Crippen LogP contribution is -2.48. The van der Waals surface area contributed by atoms with Crippen molar-refractivity contribution in [2.45, 2.75) is 69.7 Å². The standard InChI is InChI=1S/C25H24F9NO3/c1-4-17-12-19(18-11-13(23(26,27)28)6-7-20(18)35(17)21(36)38-5-2)22(3,37)14-8-15(24(29,30)31)10-16(9-14)25(32,33)34/h6-11,17,19,37H,4-5,12H2,1-3H3/t17-,19-,22-/m1/s1. The van der Waals surface area contributed by atoms with Crippen molar-refractivity contribution in [2.75, 3.05) is 11.5 Å². The van der Waals surface area contributed by atoms with Crippen molar-refractivity contribution < 1.29 is 54.2 Å². The van der Waals surface area contributed by atoms with Gasteiger partial charge in [0.05, 0.1) is 34.6 Å². The van der Waals surface area contributed by atoms with E-state index in [-0.39, 0.29) is 36.8 Å². The molecule has 13 heteroatoms. The number of aliphatic hydroxyl groups is 1. The van der Waals surface area contributed by atoms with Crippen LogP contribution in [0.3, 0.4) is 0 Å². The lowest BCUT2D eigenvalue weighted by atomic mass is 9.71. The molecule has 1 aliphatic heterocycles. The zero-order chi connectivity index (χ0) is 28.8. The Kier molecular flexibility index (Phi) is 7.77. The van der Waals surface area contributed by atoms with Gasteiger partial charge in [0, 0.05) is 12.0 Å². The molecule has 0 bridgehead atoms. The highest BCUT2D eigenvalue weighted by Gasteiger charge is 2.47. The van der Waals surface area contributed by atoms with E-state index in [4.69, 9.17) is 4.74 Å². The van der Waals surface area contributed by atoms with Crippen molar-refractivity contribution in [3.05, 3.63) is 64.2 Å². The molecule has 0 saturated carbocycles. The summed E-state index contributed by atoms with van der Waals surface area (Å²) >= 11 is 0. The van der Waals surface area contributed by atoms with Crippen LogP contribution in [0.5, 0.6) is 0 Å². The van der Waals surface area contributed by atoms with E-state index < -0.39 is 64.4 Å². The molecule has 210 valence electrons. The number of alkyl halides is 9. The van der Waals surface area contributed by atoms with Crippen molar-refractivity contribution in [3.63, 3.8) is 0 Å². The fourth-order valence-electron chi connectivity index (χ4n) is 4.70. The van der Waals surface area contributed by atoms with Gasteiger partial charge in [0.15, 0.2) is 0 Å². The Morgan fingerprint density at radius 1 is 0.868 bits per heavy atom. The van der Waals surface area contributed by atoms with Crippen LogP contribution < -0.4 is 4.90 Å². The molecule has 3 rings (SSSR count). The Balaban J connectivity index is 2.29. The van der Waals surface area contributed by atoms with Gasteiger partial charge in [0.25, 0.3) is 0 Å². The number of anilines is 1. The number of rotatable bonds is 4. The first-order chi connectivity index (χ1) is 17.3. The second-order valence-electron chi connectivity index (χ2n) is 9.13. The number of halogens is 9. The highest BCUT2D eigenvalue weighted by atomic mass is 19.4. The van der Waals surface area contributed by atoms with Crippen LogP contribution in [0, 0.1) is 0 Å². The molecule has 3 atom stereocenters. The average molecular weight is 557 g/mol. The third kappa shape index (κ3) is 5.71. The smallest absolute Gasteiger partial charge is 0.416 e. The maximum atomic E-state index is 13.6. The van der Waals surface area contributed by atoms with Crippen LogP contribution in [0.2, 0.25) is 0 Å². The number of amides is 1. The molecule has 0 fully saturated rings. The number of carbonyl (C=O) groups excluding carboxylic acids is 1. The third-order valence-electron chi connectivity index (χ3n) is 6.65. The monoisotopic (exact) mass is 557 g/mol. The van der Waals surface area contributed by atoms with Gasteiger partial charge in [-0.3, -0.25) is 4.90 Å². The number of hydrogen-bond donors (Lipinski definition) is 1. The largest absolute Gasteiger partial charge is 0.449 e.